The van der Waals surface area contributed by atoms with Crippen molar-refractivity contribution in [3.8, 4) is 0 Å². The Morgan fingerprint density at radius 1 is 0.930 bits per heavy atom. The first-order valence-electron chi connectivity index (χ1n) is 15.5. The van der Waals surface area contributed by atoms with Crippen molar-refractivity contribution < 1.29 is 18.4 Å². The Kier molecular flexibility index (Phi) is 11.8. The average Bonchev–Trinajstić information content (AvgIpc) is 3.01. The molecule has 0 aliphatic carbocycles. The summed E-state index contributed by atoms with van der Waals surface area (Å²) in [5.41, 5.74) is -0.108. The van der Waals surface area contributed by atoms with Crippen LogP contribution in [0.5, 0.6) is 0 Å². The molecule has 0 bridgehead atoms. The van der Waals surface area contributed by atoms with E-state index in [1.54, 1.807) is 19.2 Å². The molecule has 2 amide bonds. The maximum absolute atomic E-state index is 14.4. The monoisotopic (exact) mass is 636 g/mol. The maximum atomic E-state index is 14.4. The van der Waals surface area contributed by atoms with E-state index in [-0.39, 0.29) is 18.4 Å². The second kappa shape index (κ2) is 15.2. The lowest BCUT2D eigenvalue weighted by atomic mass is 9.82. The fourth-order valence-electron chi connectivity index (χ4n) is 6.71. The zero-order valence-corrected chi connectivity index (χ0v) is 27.1. The van der Waals surface area contributed by atoms with E-state index >= 15 is 0 Å². The minimum atomic E-state index is -0.882. The molecule has 43 heavy (non-hydrogen) atoms. The summed E-state index contributed by atoms with van der Waals surface area (Å²) >= 11 is 12.6. The van der Waals surface area contributed by atoms with Gasteiger partial charge in [-0.3, -0.25) is 14.5 Å². The zero-order chi connectivity index (χ0) is 31.1. The molecule has 2 fully saturated rings. The van der Waals surface area contributed by atoms with Crippen molar-refractivity contribution in [1.82, 2.24) is 19.6 Å². The van der Waals surface area contributed by atoms with Gasteiger partial charge in [-0.05, 0) is 95.4 Å². The van der Waals surface area contributed by atoms with Crippen LogP contribution in [0.2, 0.25) is 10.0 Å². The number of piperidine rings is 2. The third kappa shape index (κ3) is 7.70. The summed E-state index contributed by atoms with van der Waals surface area (Å²) in [5.74, 6) is -2.36. The lowest BCUT2D eigenvalue weighted by Gasteiger charge is -2.50. The summed E-state index contributed by atoms with van der Waals surface area (Å²) < 4.78 is 28.8. The van der Waals surface area contributed by atoms with Crippen LogP contribution in [0.1, 0.15) is 74.2 Å². The number of hydrogen-bond donors (Lipinski definition) is 0. The molecule has 2 aliphatic heterocycles. The molecule has 4 rings (SSSR count). The second-order valence-corrected chi connectivity index (χ2v) is 12.7. The van der Waals surface area contributed by atoms with E-state index in [9.17, 15) is 18.4 Å². The summed E-state index contributed by atoms with van der Waals surface area (Å²) in [6, 6.07) is 8.85. The highest BCUT2D eigenvalue weighted by molar-refractivity contribution is 6.42. The molecule has 236 valence electrons. The van der Waals surface area contributed by atoms with E-state index in [1.807, 2.05) is 24.8 Å². The van der Waals surface area contributed by atoms with Gasteiger partial charge in [-0.2, -0.15) is 0 Å². The van der Waals surface area contributed by atoms with Crippen LogP contribution in [0.3, 0.4) is 0 Å². The molecule has 0 spiro atoms. The SMILES string of the molecule is CCN(CC)C(=O)C1(N2CCCCC2)CCN(CCC(CN(C)C(=O)c2c(F)cccc2F)c2ccc(Cl)c(Cl)c2)CC1. The topological polar surface area (TPSA) is 47.1 Å². The van der Waals surface area contributed by atoms with Gasteiger partial charge in [0, 0.05) is 45.7 Å². The van der Waals surface area contributed by atoms with Crippen molar-refractivity contribution >= 4 is 35.0 Å². The third-order valence-electron chi connectivity index (χ3n) is 9.32. The van der Waals surface area contributed by atoms with Gasteiger partial charge in [0.05, 0.1) is 10.0 Å². The van der Waals surface area contributed by atoms with E-state index in [0.717, 1.165) is 76.1 Å². The van der Waals surface area contributed by atoms with Crippen molar-refractivity contribution in [3.05, 3.63) is 69.2 Å². The number of hydrogen-bond acceptors (Lipinski definition) is 4. The van der Waals surface area contributed by atoms with Crippen LogP contribution in [-0.2, 0) is 4.79 Å². The highest BCUT2D eigenvalue weighted by atomic mass is 35.5. The average molecular weight is 638 g/mol. The first-order chi connectivity index (χ1) is 20.6. The van der Waals surface area contributed by atoms with Crippen molar-refractivity contribution in [1.29, 1.82) is 0 Å². The van der Waals surface area contributed by atoms with Crippen LogP contribution in [0, 0.1) is 11.6 Å². The van der Waals surface area contributed by atoms with Crippen LogP contribution in [0.4, 0.5) is 8.78 Å². The predicted octanol–water partition coefficient (Wildman–Crippen LogP) is 6.71. The minimum absolute atomic E-state index is 0.148. The largest absolute Gasteiger partial charge is 0.342 e. The number of amides is 2. The van der Waals surface area contributed by atoms with Gasteiger partial charge in [-0.1, -0.05) is 41.8 Å². The summed E-state index contributed by atoms with van der Waals surface area (Å²) in [6.45, 7) is 10.0. The van der Waals surface area contributed by atoms with E-state index in [1.165, 1.54) is 17.4 Å². The van der Waals surface area contributed by atoms with Gasteiger partial charge in [0.1, 0.15) is 22.7 Å². The number of halogens is 4. The zero-order valence-electron chi connectivity index (χ0n) is 25.6. The van der Waals surface area contributed by atoms with Gasteiger partial charge in [-0.25, -0.2) is 8.78 Å². The highest BCUT2D eigenvalue weighted by Crippen LogP contribution is 2.35. The van der Waals surface area contributed by atoms with Crippen LogP contribution < -0.4 is 0 Å². The molecule has 2 aromatic carbocycles. The van der Waals surface area contributed by atoms with Crippen LogP contribution in [-0.4, -0.2) is 96.4 Å². The number of carbonyl (C=O) groups is 2. The molecule has 0 radical (unpaired) electrons. The van der Waals surface area contributed by atoms with Crippen LogP contribution >= 0.6 is 23.2 Å². The summed E-state index contributed by atoms with van der Waals surface area (Å²) in [7, 11) is 1.56. The lowest BCUT2D eigenvalue weighted by Crippen LogP contribution is -2.64. The Bertz CT molecular complexity index is 1240. The van der Waals surface area contributed by atoms with Gasteiger partial charge in [0.2, 0.25) is 5.91 Å². The molecule has 0 N–H and O–H groups in total. The molecule has 2 aliphatic rings. The molecule has 2 heterocycles. The quantitative estimate of drug-likeness (QED) is 0.275. The number of rotatable bonds is 11. The Morgan fingerprint density at radius 2 is 1.56 bits per heavy atom. The van der Waals surface area contributed by atoms with Crippen molar-refractivity contribution in [2.24, 2.45) is 0 Å². The number of nitrogens with zero attached hydrogens (tertiary/aromatic N) is 4. The Balaban J connectivity index is 1.48. The number of likely N-dealkylation sites (N-methyl/N-ethyl adjacent to an activating group) is 2. The summed E-state index contributed by atoms with van der Waals surface area (Å²) in [6.07, 6.45) is 5.73. The first kappa shape index (κ1) is 33.6. The van der Waals surface area contributed by atoms with Gasteiger partial charge in [0.25, 0.3) is 5.91 Å². The first-order valence-corrected chi connectivity index (χ1v) is 16.3. The predicted molar refractivity (Wildman–Crippen MR) is 169 cm³/mol. The van der Waals surface area contributed by atoms with Gasteiger partial charge < -0.3 is 14.7 Å². The lowest BCUT2D eigenvalue weighted by molar-refractivity contribution is -0.149. The molecule has 1 atom stereocenters. The number of benzene rings is 2. The Hall–Kier alpha value is -2.26. The normalized spacial score (nSPS) is 18.3. The van der Waals surface area contributed by atoms with Gasteiger partial charge in [-0.15, -0.1) is 0 Å². The molecule has 0 saturated carbocycles. The minimum Gasteiger partial charge on any atom is -0.342 e. The summed E-state index contributed by atoms with van der Waals surface area (Å²) in [5, 5.41) is 0.850. The molecule has 1 unspecified atom stereocenters. The summed E-state index contributed by atoms with van der Waals surface area (Å²) in [4.78, 5) is 35.2. The van der Waals surface area contributed by atoms with E-state index in [4.69, 9.17) is 23.2 Å². The Labute approximate surface area is 264 Å². The van der Waals surface area contributed by atoms with Crippen LogP contribution in [0.25, 0.3) is 0 Å². The third-order valence-corrected chi connectivity index (χ3v) is 10.1. The van der Waals surface area contributed by atoms with E-state index in [2.05, 4.69) is 9.80 Å². The number of likely N-dealkylation sites (tertiary alicyclic amines) is 2. The molecule has 6 nitrogen and oxygen atoms in total. The smallest absolute Gasteiger partial charge is 0.259 e. The van der Waals surface area contributed by atoms with Crippen molar-refractivity contribution in [2.45, 2.75) is 63.8 Å². The van der Waals surface area contributed by atoms with Crippen molar-refractivity contribution in [2.75, 3.05) is 59.4 Å². The van der Waals surface area contributed by atoms with Crippen LogP contribution in [0.15, 0.2) is 36.4 Å². The molecule has 10 heteroatoms. The molecule has 2 aromatic rings. The second-order valence-electron chi connectivity index (χ2n) is 11.8. The van der Waals surface area contributed by atoms with Gasteiger partial charge >= 0.3 is 0 Å². The fraction of sp³-hybridized carbons (Fsp3) is 0.576. The van der Waals surface area contributed by atoms with Crippen molar-refractivity contribution in [3.63, 3.8) is 0 Å². The van der Waals surface area contributed by atoms with Gasteiger partial charge in [0.15, 0.2) is 0 Å². The number of carbonyl (C=O) groups excluding carboxylic acids is 2. The maximum Gasteiger partial charge on any atom is 0.259 e. The van der Waals surface area contributed by atoms with E-state index in [0.29, 0.717) is 29.6 Å². The standard InChI is InChI=1S/C33H44Cl2F2N4O2/c1-4-40(5-2)32(43)33(41-17-7-6-8-18-41)15-20-39(21-16-33)19-14-25(24-12-13-26(34)27(35)22-24)23-38(3)31(42)30-28(36)10-9-11-29(30)37/h9-13,22,25H,4-8,14-21,23H2,1-3H3. The highest BCUT2D eigenvalue weighted by Gasteiger charge is 2.47. The molecular weight excluding hydrogens is 593 g/mol. The van der Waals surface area contributed by atoms with E-state index < -0.39 is 28.6 Å². The Morgan fingerprint density at radius 3 is 2.14 bits per heavy atom. The fourth-order valence-corrected chi connectivity index (χ4v) is 7.02. The molecule has 0 aromatic heterocycles. The molecule has 2 saturated heterocycles. The molecular formula is C33H44Cl2F2N4O2.